The van der Waals surface area contributed by atoms with E-state index in [-0.39, 0.29) is 18.0 Å². The number of aromatic nitrogens is 3. The Balaban J connectivity index is 1.35. The number of halogens is 3. The molecular weight excluding hydrogens is 381 g/mol. The standard InChI is InChI=1S/C21H23F3N4O/c22-21(23,24)17-3-1-2-14(5-17)10-26-18(29)19-6-15-4-16(7-19)9-20(8-15,11-19)28-13-25-12-27-28/h1-3,5,12-13,15-16H,4,6-11H2,(H,26,29)/t15-,16-,19?,20?/m0/s1. The molecule has 0 spiro atoms. The van der Waals surface area contributed by atoms with E-state index in [1.165, 1.54) is 6.07 Å². The number of carbonyl (C=O) groups excluding carboxylic acids is 1. The first-order valence-electron chi connectivity index (χ1n) is 10.1. The smallest absolute Gasteiger partial charge is 0.352 e. The minimum absolute atomic E-state index is 0.0338. The Morgan fingerprint density at radius 2 is 1.97 bits per heavy atom. The lowest BCUT2D eigenvalue weighted by Gasteiger charge is -2.60. The Labute approximate surface area is 166 Å². The molecule has 2 aromatic rings. The van der Waals surface area contributed by atoms with Crippen molar-refractivity contribution in [2.45, 2.75) is 56.8 Å². The molecule has 4 aliphatic carbocycles. The van der Waals surface area contributed by atoms with Crippen molar-refractivity contribution in [2.24, 2.45) is 17.3 Å². The fraction of sp³-hybridized carbons (Fsp3) is 0.571. The van der Waals surface area contributed by atoms with Crippen LogP contribution in [0.3, 0.4) is 0 Å². The summed E-state index contributed by atoms with van der Waals surface area (Å²) in [6.45, 7) is 0.107. The van der Waals surface area contributed by atoms with Gasteiger partial charge in [-0.2, -0.15) is 18.3 Å². The monoisotopic (exact) mass is 404 g/mol. The Bertz CT molecular complexity index is 910. The van der Waals surface area contributed by atoms with Crippen molar-refractivity contribution in [3.63, 3.8) is 0 Å². The summed E-state index contributed by atoms with van der Waals surface area (Å²) in [7, 11) is 0. The third-order valence-corrected chi connectivity index (χ3v) is 7.12. The van der Waals surface area contributed by atoms with Crippen LogP contribution in [0.1, 0.15) is 49.7 Å². The SMILES string of the molecule is O=C(NCc1cccc(C(F)(F)F)c1)C12C[C@@H]3C[C@@H](C1)CC(n1cncn1)(C3)C2. The highest BCUT2D eigenvalue weighted by Crippen LogP contribution is 2.64. The molecular formula is C21H23F3N4O. The topological polar surface area (TPSA) is 59.8 Å². The van der Waals surface area contributed by atoms with Gasteiger partial charge in [0.25, 0.3) is 0 Å². The molecule has 0 radical (unpaired) electrons. The molecule has 0 aliphatic heterocycles. The minimum atomic E-state index is -4.38. The van der Waals surface area contributed by atoms with Crippen molar-refractivity contribution in [3.8, 4) is 0 Å². The third-order valence-electron chi connectivity index (χ3n) is 7.12. The molecule has 154 valence electrons. The molecule has 4 fully saturated rings. The Morgan fingerprint density at radius 1 is 1.21 bits per heavy atom. The number of carbonyl (C=O) groups is 1. The van der Waals surface area contributed by atoms with Crippen molar-refractivity contribution in [2.75, 3.05) is 0 Å². The summed E-state index contributed by atoms with van der Waals surface area (Å²) in [5, 5.41) is 7.34. The van der Waals surface area contributed by atoms with Crippen LogP contribution in [0, 0.1) is 17.3 Å². The highest BCUT2D eigenvalue weighted by molar-refractivity contribution is 5.83. The zero-order valence-electron chi connectivity index (χ0n) is 16.0. The predicted molar refractivity (Wildman–Crippen MR) is 98.4 cm³/mol. The van der Waals surface area contributed by atoms with Crippen LogP contribution in [0.5, 0.6) is 0 Å². The molecule has 4 bridgehead atoms. The van der Waals surface area contributed by atoms with E-state index < -0.39 is 17.2 Å². The van der Waals surface area contributed by atoms with Gasteiger partial charge in [0.1, 0.15) is 12.7 Å². The van der Waals surface area contributed by atoms with E-state index in [0.717, 1.165) is 50.7 Å². The molecule has 1 aromatic carbocycles. The summed E-state index contributed by atoms with van der Waals surface area (Å²) in [6, 6.07) is 5.16. The molecule has 5 nitrogen and oxygen atoms in total. The van der Waals surface area contributed by atoms with Crippen LogP contribution in [-0.2, 0) is 23.1 Å². The molecule has 6 rings (SSSR count). The summed E-state index contributed by atoms with van der Waals surface area (Å²) in [6.07, 6.45) is 4.54. The number of rotatable bonds is 4. The van der Waals surface area contributed by atoms with Crippen molar-refractivity contribution in [1.29, 1.82) is 0 Å². The van der Waals surface area contributed by atoms with Crippen LogP contribution >= 0.6 is 0 Å². The second-order valence-corrected chi connectivity index (χ2v) is 9.19. The molecule has 2 atom stereocenters. The maximum absolute atomic E-state index is 13.3. The van der Waals surface area contributed by atoms with E-state index in [4.69, 9.17) is 0 Å². The second-order valence-electron chi connectivity index (χ2n) is 9.19. The molecule has 4 saturated carbocycles. The van der Waals surface area contributed by atoms with E-state index in [9.17, 15) is 18.0 Å². The number of benzene rings is 1. The largest absolute Gasteiger partial charge is 0.416 e. The Morgan fingerprint density at radius 3 is 2.62 bits per heavy atom. The number of hydrogen-bond donors (Lipinski definition) is 1. The lowest BCUT2D eigenvalue weighted by molar-refractivity contribution is -0.156. The summed E-state index contributed by atoms with van der Waals surface area (Å²) in [5.41, 5.74) is -0.848. The van der Waals surface area contributed by atoms with Crippen LogP contribution < -0.4 is 5.32 Å². The average Bonchev–Trinajstić information content (AvgIpc) is 3.20. The lowest BCUT2D eigenvalue weighted by atomic mass is 9.46. The first-order valence-corrected chi connectivity index (χ1v) is 10.1. The van der Waals surface area contributed by atoms with Gasteiger partial charge in [-0.1, -0.05) is 12.1 Å². The first-order chi connectivity index (χ1) is 13.8. The number of amides is 1. The van der Waals surface area contributed by atoms with Crippen molar-refractivity contribution < 1.29 is 18.0 Å². The van der Waals surface area contributed by atoms with Gasteiger partial charge in [-0.25, -0.2) is 9.67 Å². The first kappa shape index (κ1) is 18.6. The molecule has 4 aliphatic rings. The van der Waals surface area contributed by atoms with Gasteiger partial charge in [0, 0.05) is 6.54 Å². The van der Waals surface area contributed by atoms with Gasteiger partial charge < -0.3 is 5.32 Å². The number of nitrogens with one attached hydrogen (secondary N) is 1. The summed E-state index contributed by atoms with van der Waals surface area (Å²) >= 11 is 0. The number of hydrogen-bond acceptors (Lipinski definition) is 3. The van der Waals surface area contributed by atoms with Crippen LogP contribution in [-0.4, -0.2) is 20.7 Å². The van der Waals surface area contributed by atoms with E-state index in [1.807, 2.05) is 4.68 Å². The number of alkyl halides is 3. The van der Waals surface area contributed by atoms with Crippen LogP contribution in [0.4, 0.5) is 13.2 Å². The predicted octanol–water partition coefficient (Wildman–Crippen LogP) is 3.91. The molecule has 1 amide bonds. The van der Waals surface area contributed by atoms with Gasteiger partial charge in [-0.05, 0) is 68.1 Å². The summed E-state index contributed by atoms with van der Waals surface area (Å²) in [4.78, 5) is 17.4. The highest BCUT2D eigenvalue weighted by atomic mass is 19.4. The van der Waals surface area contributed by atoms with Gasteiger partial charge in [-0.3, -0.25) is 4.79 Å². The molecule has 0 saturated heterocycles. The highest BCUT2D eigenvalue weighted by Gasteiger charge is 2.61. The van der Waals surface area contributed by atoms with Crippen molar-refractivity contribution in [1.82, 2.24) is 20.1 Å². The fourth-order valence-corrected chi connectivity index (χ4v) is 6.43. The van der Waals surface area contributed by atoms with E-state index in [2.05, 4.69) is 15.4 Å². The van der Waals surface area contributed by atoms with Crippen molar-refractivity contribution >= 4 is 5.91 Å². The zero-order chi connectivity index (χ0) is 20.3. The zero-order valence-corrected chi connectivity index (χ0v) is 16.0. The summed E-state index contributed by atoms with van der Waals surface area (Å²) < 4.78 is 40.8. The Kier molecular flexibility index (Phi) is 4.05. The fourth-order valence-electron chi connectivity index (χ4n) is 6.43. The maximum Gasteiger partial charge on any atom is 0.416 e. The van der Waals surface area contributed by atoms with Crippen molar-refractivity contribution in [3.05, 3.63) is 48.0 Å². The molecule has 29 heavy (non-hydrogen) atoms. The van der Waals surface area contributed by atoms with Gasteiger partial charge in [0.15, 0.2) is 0 Å². The third kappa shape index (κ3) is 3.13. The quantitative estimate of drug-likeness (QED) is 0.841. The molecule has 1 heterocycles. The minimum Gasteiger partial charge on any atom is -0.352 e. The molecule has 0 unspecified atom stereocenters. The number of nitrogens with zero attached hydrogens (tertiary/aromatic N) is 3. The second kappa shape index (κ2) is 6.31. The molecule has 1 aromatic heterocycles. The molecule has 1 N–H and O–H groups in total. The van der Waals surface area contributed by atoms with E-state index >= 15 is 0 Å². The van der Waals surface area contributed by atoms with Gasteiger partial charge in [0.2, 0.25) is 5.91 Å². The van der Waals surface area contributed by atoms with Crippen LogP contribution in [0.15, 0.2) is 36.9 Å². The maximum atomic E-state index is 13.3. The van der Waals surface area contributed by atoms with Gasteiger partial charge in [0.05, 0.1) is 16.5 Å². The summed E-state index contributed by atoms with van der Waals surface area (Å²) in [5.74, 6) is 0.938. The average molecular weight is 404 g/mol. The van der Waals surface area contributed by atoms with Crippen LogP contribution in [0.25, 0.3) is 0 Å². The van der Waals surface area contributed by atoms with Crippen LogP contribution in [0.2, 0.25) is 0 Å². The normalized spacial score (nSPS) is 33.1. The van der Waals surface area contributed by atoms with E-state index in [1.54, 1.807) is 18.7 Å². The molecule has 8 heteroatoms. The van der Waals surface area contributed by atoms with Gasteiger partial charge in [-0.15, -0.1) is 0 Å². The van der Waals surface area contributed by atoms with E-state index in [0.29, 0.717) is 17.4 Å². The lowest BCUT2D eigenvalue weighted by Crippen LogP contribution is -2.61. The Hall–Kier alpha value is -2.38. The van der Waals surface area contributed by atoms with Gasteiger partial charge >= 0.3 is 6.18 Å².